The third-order valence-electron chi connectivity index (χ3n) is 7.96. The van der Waals surface area contributed by atoms with Gasteiger partial charge in [-0.25, -0.2) is 13.1 Å². The number of sulfonamides is 1. The number of rotatable bonds is 10. The van der Waals surface area contributed by atoms with Crippen LogP contribution in [-0.4, -0.2) is 51.2 Å². The molecule has 51 heavy (non-hydrogen) atoms. The predicted octanol–water partition coefficient (Wildman–Crippen LogP) is 10.9. The lowest BCUT2D eigenvalue weighted by Gasteiger charge is -2.22. The summed E-state index contributed by atoms with van der Waals surface area (Å²) in [6.45, 7) is 28.6. The second kappa shape index (κ2) is 25.7. The minimum absolute atomic E-state index is 0. The molecule has 2 aromatic carbocycles. The maximum Gasteiger partial charge on any atom is 0.308 e. The molecular weight excluding hydrogens is 661 g/mol. The number of nitrogens with zero attached hydrogens (tertiary/aromatic N) is 1. The monoisotopic (exact) mass is 733 g/mol. The highest BCUT2D eigenvalue weighted by molar-refractivity contribution is 7.90. The van der Waals surface area contributed by atoms with E-state index >= 15 is 0 Å². The number of esters is 1. The van der Waals surface area contributed by atoms with E-state index in [0.717, 1.165) is 54.0 Å². The summed E-state index contributed by atoms with van der Waals surface area (Å²) in [6.07, 6.45) is 8.29. The molecule has 0 aliphatic heterocycles. The normalized spacial score (nSPS) is 14.2. The topological polar surface area (TPSA) is 103 Å². The van der Waals surface area contributed by atoms with Crippen LogP contribution in [0.15, 0.2) is 66.8 Å². The minimum atomic E-state index is -2.94. The zero-order valence-corrected chi connectivity index (χ0v) is 33.9. The van der Waals surface area contributed by atoms with Gasteiger partial charge in [-0.05, 0) is 101 Å². The molecular formula is C42H72N2O6S. The summed E-state index contributed by atoms with van der Waals surface area (Å²) in [5, 5.41) is 3.93. The Labute approximate surface area is 312 Å². The molecule has 4 rings (SSSR count). The van der Waals surface area contributed by atoms with Crippen LogP contribution in [-0.2, 0) is 24.4 Å². The van der Waals surface area contributed by atoms with Gasteiger partial charge in [0.05, 0.1) is 24.5 Å². The molecule has 2 aliphatic carbocycles. The number of carbonyl (C=O) groups is 1. The molecule has 8 nitrogen and oxygen atoms in total. The first-order chi connectivity index (χ1) is 23.4. The van der Waals surface area contributed by atoms with Gasteiger partial charge in [-0.15, -0.1) is 13.2 Å². The van der Waals surface area contributed by atoms with Gasteiger partial charge in [-0.3, -0.25) is 4.79 Å². The van der Waals surface area contributed by atoms with E-state index in [4.69, 9.17) is 14.3 Å². The van der Waals surface area contributed by atoms with Crippen molar-refractivity contribution in [3.8, 4) is 16.9 Å². The van der Waals surface area contributed by atoms with Crippen LogP contribution in [0.5, 0.6) is 5.75 Å². The molecule has 0 radical (unpaired) electrons. The third kappa shape index (κ3) is 22.4. The zero-order chi connectivity index (χ0) is 38.5. The van der Waals surface area contributed by atoms with Crippen LogP contribution in [0.25, 0.3) is 11.1 Å². The minimum Gasteiger partial charge on any atom is -0.497 e. The molecule has 0 aromatic heterocycles. The Morgan fingerprint density at radius 1 is 0.902 bits per heavy atom. The zero-order valence-electron chi connectivity index (χ0n) is 33.1. The Morgan fingerprint density at radius 2 is 1.45 bits per heavy atom. The van der Waals surface area contributed by atoms with E-state index in [1.165, 1.54) is 12.8 Å². The molecule has 0 saturated heterocycles. The fraction of sp³-hybridized carbons (Fsp3) is 0.619. The third-order valence-corrected chi connectivity index (χ3v) is 10.1. The Balaban J connectivity index is 0. The summed E-state index contributed by atoms with van der Waals surface area (Å²) in [7, 11) is -1.27. The summed E-state index contributed by atoms with van der Waals surface area (Å²) in [6, 6.07) is 16.1. The van der Waals surface area contributed by atoms with E-state index in [2.05, 4.69) is 69.8 Å². The summed E-state index contributed by atoms with van der Waals surface area (Å²) in [4.78, 5) is 16.3. The lowest BCUT2D eigenvalue weighted by Crippen LogP contribution is -2.32. The fourth-order valence-electron chi connectivity index (χ4n) is 3.98. The highest BCUT2D eigenvalue weighted by atomic mass is 32.2. The smallest absolute Gasteiger partial charge is 0.308 e. The van der Waals surface area contributed by atoms with Crippen molar-refractivity contribution < 1.29 is 27.5 Å². The van der Waals surface area contributed by atoms with Crippen molar-refractivity contribution in [2.24, 2.45) is 22.4 Å². The molecule has 2 fully saturated rings. The molecule has 0 amide bonds. The number of methoxy groups -OCH3 is 1. The quantitative estimate of drug-likeness (QED) is 0.113. The van der Waals surface area contributed by atoms with Crippen LogP contribution in [0.2, 0.25) is 0 Å². The van der Waals surface area contributed by atoms with Crippen molar-refractivity contribution in [2.75, 3.05) is 7.11 Å². The van der Waals surface area contributed by atoms with Crippen molar-refractivity contribution in [1.29, 1.82) is 0 Å². The lowest BCUT2D eigenvalue weighted by atomic mass is 9.84. The summed E-state index contributed by atoms with van der Waals surface area (Å²) >= 11 is 0. The Bertz CT molecular complexity index is 1350. The lowest BCUT2D eigenvalue weighted by molar-refractivity contribution is -0.152. The molecule has 0 heterocycles. The number of hydrogen-bond acceptors (Lipinski definition) is 7. The van der Waals surface area contributed by atoms with Crippen LogP contribution in [0.4, 0.5) is 0 Å². The Kier molecular flexibility index (Phi) is 25.2. The second-order valence-electron chi connectivity index (χ2n) is 14.7. The van der Waals surface area contributed by atoms with Crippen LogP contribution in [0.1, 0.15) is 128 Å². The fourth-order valence-corrected chi connectivity index (χ4v) is 5.59. The first kappa shape index (κ1) is 49.9. The highest BCUT2D eigenvalue weighted by Gasteiger charge is 2.35. The largest absolute Gasteiger partial charge is 0.497 e. The number of hydrogen-bond donors (Lipinski definition) is 1. The van der Waals surface area contributed by atoms with Crippen molar-refractivity contribution in [2.45, 2.75) is 146 Å². The molecule has 9 heteroatoms. The van der Waals surface area contributed by atoms with E-state index in [9.17, 15) is 13.2 Å². The maximum atomic E-state index is 11.1. The maximum absolute atomic E-state index is 11.1. The van der Waals surface area contributed by atoms with Gasteiger partial charge in [0.25, 0.3) is 0 Å². The van der Waals surface area contributed by atoms with Crippen molar-refractivity contribution in [1.82, 2.24) is 4.72 Å². The van der Waals surface area contributed by atoms with Gasteiger partial charge in [0.2, 0.25) is 10.0 Å². The Morgan fingerprint density at radius 3 is 1.90 bits per heavy atom. The van der Waals surface area contributed by atoms with E-state index in [1.54, 1.807) is 13.3 Å². The van der Waals surface area contributed by atoms with Gasteiger partial charge in [0, 0.05) is 11.6 Å². The predicted molar refractivity (Wildman–Crippen MR) is 218 cm³/mol. The van der Waals surface area contributed by atoms with Crippen LogP contribution < -0.4 is 9.46 Å². The van der Waals surface area contributed by atoms with Gasteiger partial charge in [0.15, 0.2) is 0 Å². The van der Waals surface area contributed by atoms with Crippen molar-refractivity contribution in [3.63, 3.8) is 0 Å². The van der Waals surface area contributed by atoms with E-state index in [-0.39, 0.29) is 42.8 Å². The average molecular weight is 733 g/mol. The average Bonchev–Trinajstić information content (AvgIpc) is 3.80. The molecule has 0 spiro atoms. The van der Waals surface area contributed by atoms with Crippen LogP contribution >= 0.6 is 0 Å². The molecule has 2 aromatic rings. The van der Waals surface area contributed by atoms with E-state index in [0.29, 0.717) is 5.41 Å². The van der Waals surface area contributed by atoms with Crippen molar-refractivity contribution >= 4 is 22.2 Å². The second-order valence-corrected chi connectivity index (χ2v) is 16.7. The van der Waals surface area contributed by atoms with Gasteiger partial charge in [-0.2, -0.15) is 0 Å². The number of benzene rings is 2. The molecule has 0 atom stereocenters. The summed E-state index contributed by atoms with van der Waals surface area (Å²) in [5.74, 6) is 1.62. The number of carbonyl (C=O) groups excluding carboxylic acids is 1. The van der Waals surface area contributed by atoms with Crippen molar-refractivity contribution in [3.05, 3.63) is 67.3 Å². The molecule has 2 aliphatic rings. The summed E-state index contributed by atoms with van der Waals surface area (Å²) in [5.41, 5.74) is 3.71. The first-order valence-corrected chi connectivity index (χ1v) is 19.6. The van der Waals surface area contributed by atoms with E-state index < -0.39 is 10.0 Å². The summed E-state index contributed by atoms with van der Waals surface area (Å²) < 4.78 is 35.2. The highest BCUT2D eigenvalue weighted by Crippen LogP contribution is 2.28. The van der Waals surface area contributed by atoms with E-state index in [1.807, 2.05) is 77.9 Å². The van der Waals surface area contributed by atoms with Crippen LogP contribution in [0.3, 0.4) is 0 Å². The standard InChI is InChI=1S/C17H19NO2.C9H16O2.C7H16.C6H13NO2S.C2H4.CH4/c1-13(2)20-18-12-15-7-4-5-10-17(15)14-8-6-9-16(11-14)19-3;1-7(2)9(10)11-8-5-3-4-6-8;1-6(2)7(3,4)5;1-5(2)7-10(8,9)6-3-4-6;1-2;/h4-13H,1-3H3;7-8H,3-6H2,1-2H3;6H,1-5H3;5-7H,3-4H2,1-2H3;1-2H2;1H4/b18-12+;;;;;. The molecule has 0 unspecified atom stereocenters. The molecule has 0 bridgehead atoms. The number of nitrogens with one attached hydrogen (secondary N) is 1. The molecule has 1 N–H and O–H groups in total. The van der Waals surface area contributed by atoms with Gasteiger partial charge in [0.1, 0.15) is 18.0 Å². The SMILES string of the molecule is C.C=C.CC(C)C(=O)OC1CCCC1.CC(C)C(C)(C)C.CC(C)NS(=O)(=O)C1CC1.COc1cccc(-c2ccccc2/C=N/OC(C)C)c1. The number of oxime groups is 1. The van der Waals surface area contributed by atoms with Gasteiger partial charge >= 0.3 is 5.97 Å². The van der Waals surface area contributed by atoms with Gasteiger partial charge < -0.3 is 14.3 Å². The Hall–Kier alpha value is -3.17. The molecule has 2 saturated carbocycles. The number of ether oxygens (including phenoxy) is 2. The van der Waals surface area contributed by atoms with Crippen LogP contribution in [0, 0.1) is 17.3 Å². The van der Waals surface area contributed by atoms with Gasteiger partial charge in [-0.1, -0.05) is 97.4 Å². The molecule has 292 valence electrons. The first-order valence-electron chi connectivity index (χ1n) is 18.0.